The van der Waals surface area contributed by atoms with Gasteiger partial charge in [0.05, 0.1) is 13.5 Å². The molecule has 0 saturated carbocycles. The summed E-state index contributed by atoms with van der Waals surface area (Å²) in [7, 11) is 1.56. The molecular weight excluding hydrogens is 382 g/mol. The fraction of sp³-hybridized carbons (Fsp3) is 0.250. The molecule has 2 aromatic rings. The first-order chi connectivity index (χ1) is 11.1. The van der Waals surface area contributed by atoms with E-state index in [4.69, 9.17) is 9.47 Å². The molecule has 0 spiro atoms. The second-order valence-corrected chi connectivity index (χ2v) is 6.33. The highest BCUT2D eigenvalue weighted by atomic mass is 79.9. The molecule has 0 aliphatic rings. The topological polar surface area (TPSA) is 64.6 Å². The molecule has 0 aliphatic heterocycles. The van der Waals surface area contributed by atoms with E-state index in [0.29, 0.717) is 11.3 Å². The molecule has 0 atom stereocenters. The van der Waals surface area contributed by atoms with Crippen molar-refractivity contribution in [3.63, 3.8) is 0 Å². The Morgan fingerprint density at radius 3 is 2.83 bits per heavy atom. The lowest BCUT2D eigenvalue weighted by molar-refractivity contribution is -0.144. The van der Waals surface area contributed by atoms with E-state index >= 15 is 0 Å². The lowest BCUT2D eigenvalue weighted by Crippen LogP contribution is -2.26. The summed E-state index contributed by atoms with van der Waals surface area (Å²) >= 11 is 4.82. The third-order valence-electron chi connectivity index (χ3n) is 3.03. The van der Waals surface area contributed by atoms with Crippen LogP contribution in [0.2, 0.25) is 0 Å². The Bertz CT molecular complexity index is 673. The molecule has 1 amide bonds. The van der Waals surface area contributed by atoms with Crippen LogP contribution in [0.15, 0.2) is 39.5 Å². The van der Waals surface area contributed by atoms with Gasteiger partial charge in [0.1, 0.15) is 12.4 Å². The number of amides is 1. The highest BCUT2D eigenvalue weighted by Gasteiger charge is 2.10. The monoisotopic (exact) mass is 397 g/mol. The lowest BCUT2D eigenvalue weighted by atomic mass is 10.2. The summed E-state index contributed by atoms with van der Waals surface area (Å²) in [5.41, 5.74) is 1.37. The third kappa shape index (κ3) is 5.37. The van der Waals surface area contributed by atoms with Crippen LogP contribution in [0.25, 0.3) is 0 Å². The van der Waals surface area contributed by atoms with Crippen molar-refractivity contribution in [3.8, 4) is 5.75 Å². The number of ether oxygens (including phenoxy) is 2. The van der Waals surface area contributed by atoms with Crippen LogP contribution in [-0.4, -0.2) is 25.5 Å². The van der Waals surface area contributed by atoms with Crippen molar-refractivity contribution in [1.29, 1.82) is 0 Å². The molecular formula is C16H16BrNO4S. The minimum Gasteiger partial charge on any atom is -0.496 e. The Balaban J connectivity index is 1.75. The zero-order valence-electron chi connectivity index (χ0n) is 12.5. The quantitative estimate of drug-likeness (QED) is 0.727. The summed E-state index contributed by atoms with van der Waals surface area (Å²) in [6.07, 6.45) is 0.117. The van der Waals surface area contributed by atoms with Crippen molar-refractivity contribution in [3.05, 3.63) is 50.6 Å². The first-order valence-electron chi connectivity index (χ1n) is 6.88. The Morgan fingerprint density at radius 1 is 1.30 bits per heavy atom. The molecule has 0 saturated heterocycles. The minimum absolute atomic E-state index is 0.117. The Hall–Kier alpha value is -1.86. The van der Waals surface area contributed by atoms with Crippen LogP contribution >= 0.6 is 27.3 Å². The number of benzene rings is 1. The summed E-state index contributed by atoms with van der Waals surface area (Å²) < 4.78 is 11.3. The maximum Gasteiger partial charge on any atom is 0.307 e. The molecule has 0 fully saturated rings. The Labute approximate surface area is 146 Å². The van der Waals surface area contributed by atoms with Gasteiger partial charge in [0.25, 0.3) is 5.91 Å². The second kappa shape index (κ2) is 8.69. The summed E-state index contributed by atoms with van der Waals surface area (Å²) in [5.74, 6) is 0.0946. The van der Waals surface area contributed by atoms with Crippen molar-refractivity contribution >= 4 is 39.1 Å². The van der Waals surface area contributed by atoms with E-state index in [2.05, 4.69) is 21.2 Å². The predicted octanol–water partition coefficient (Wildman–Crippen LogP) is 3.38. The van der Waals surface area contributed by atoms with Gasteiger partial charge in [-0.05, 0) is 29.6 Å². The van der Waals surface area contributed by atoms with Crippen molar-refractivity contribution in [2.45, 2.75) is 13.0 Å². The van der Waals surface area contributed by atoms with Crippen LogP contribution in [-0.2, 0) is 16.1 Å². The van der Waals surface area contributed by atoms with Gasteiger partial charge >= 0.3 is 5.97 Å². The SMILES string of the molecule is COc1ccc(Br)cc1COC(=O)CCNC(=O)c1ccsc1. The van der Waals surface area contributed by atoms with E-state index in [9.17, 15) is 9.59 Å². The van der Waals surface area contributed by atoms with Gasteiger partial charge in [0.2, 0.25) is 0 Å². The number of carbonyl (C=O) groups excluding carboxylic acids is 2. The number of rotatable bonds is 7. The fourth-order valence-electron chi connectivity index (χ4n) is 1.86. The number of hydrogen-bond donors (Lipinski definition) is 1. The van der Waals surface area contributed by atoms with Crippen LogP contribution in [0.5, 0.6) is 5.75 Å². The maximum atomic E-state index is 11.7. The summed E-state index contributed by atoms with van der Waals surface area (Å²) in [6, 6.07) is 7.22. The highest BCUT2D eigenvalue weighted by molar-refractivity contribution is 9.10. The number of thiophene rings is 1. The Kier molecular flexibility index (Phi) is 6.61. The van der Waals surface area contributed by atoms with Crippen LogP contribution in [0, 0.1) is 0 Å². The summed E-state index contributed by atoms with van der Waals surface area (Å²) in [5, 5.41) is 6.27. The smallest absolute Gasteiger partial charge is 0.307 e. The number of hydrogen-bond acceptors (Lipinski definition) is 5. The van der Waals surface area contributed by atoms with Crippen LogP contribution < -0.4 is 10.1 Å². The van der Waals surface area contributed by atoms with Crippen LogP contribution in [0.1, 0.15) is 22.3 Å². The van der Waals surface area contributed by atoms with Gasteiger partial charge in [-0.3, -0.25) is 9.59 Å². The molecule has 1 heterocycles. The first-order valence-corrected chi connectivity index (χ1v) is 8.62. The zero-order valence-corrected chi connectivity index (χ0v) is 14.9. The first kappa shape index (κ1) is 17.5. The molecule has 1 N–H and O–H groups in total. The average molecular weight is 398 g/mol. The molecule has 1 aromatic heterocycles. The molecule has 0 bridgehead atoms. The van der Waals surface area contributed by atoms with Gasteiger partial charge in [-0.1, -0.05) is 15.9 Å². The van der Waals surface area contributed by atoms with Crippen molar-refractivity contribution in [2.75, 3.05) is 13.7 Å². The van der Waals surface area contributed by atoms with Gasteiger partial charge in [-0.25, -0.2) is 0 Å². The standard InChI is InChI=1S/C16H16BrNO4S/c1-21-14-3-2-13(17)8-12(14)9-22-15(19)4-6-18-16(20)11-5-7-23-10-11/h2-3,5,7-8,10H,4,6,9H2,1H3,(H,18,20). The molecule has 0 aliphatic carbocycles. The number of carbonyl (C=O) groups is 2. The number of nitrogens with one attached hydrogen (secondary N) is 1. The summed E-state index contributed by atoms with van der Waals surface area (Å²) in [6.45, 7) is 0.364. The van der Waals surface area contributed by atoms with Gasteiger partial charge in [0.15, 0.2) is 0 Å². The Morgan fingerprint density at radius 2 is 2.13 bits per heavy atom. The molecule has 122 valence electrons. The van der Waals surface area contributed by atoms with Gasteiger partial charge < -0.3 is 14.8 Å². The van der Waals surface area contributed by atoms with E-state index in [1.165, 1.54) is 11.3 Å². The number of methoxy groups -OCH3 is 1. The normalized spacial score (nSPS) is 10.2. The highest BCUT2D eigenvalue weighted by Crippen LogP contribution is 2.23. The fourth-order valence-corrected chi connectivity index (χ4v) is 2.91. The molecule has 5 nitrogen and oxygen atoms in total. The van der Waals surface area contributed by atoms with Gasteiger partial charge in [0, 0.05) is 27.5 Å². The van der Waals surface area contributed by atoms with Crippen molar-refractivity contribution in [1.82, 2.24) is 5.32 Å². The maximum absolute atomic E-state index is 11.7. The van der Waals surface area contributed by atoms with Crippen LogP contribution in [0.4, 0.5) is 0 Å². The number of esters is 1. The van der Waals surface area contributed by atoms with Crippen molar-refractivity contribution < 1.29 is 19.1 Å². The third-order valence-corrected chi connectivity index (χ3v) is 4.21. The molecule has 2 rings (SSSR count). The van der Waals surface area contributed by atoms with E-state index in [1.807, 2.05) is 17.5 Å². The van der Waals surface area contributed by atoms with Crippen LogP contribution in [0.3, 0.4) is 0 Å². The van der Waals surface area contributed by atoms with E-state index < -0.39 is 0 Å². The summed E-state index contributed by atoms with van der Waals surface area (Å²) in [4.78, 5) is 23.5. The largest absolute Gasteiger partial charge is 0.496 e. The molecule has 7 heteroatoms. The van der Waals surface area contributed by atoms with E-state index in [-0.39, 0.29) is 31.4 Å². The average Bonchev–Trinajstić information content (AvgIpc) is 3.07. The van der Waals surface area contributed by atoms with Gasteiger partial charge in [-0.2, -0.15) is 11.3 Å². The minimum atomic E-state index is -0.377. The zero-order chi connectivity index (χ0) is 16.7. The van der Waals surface area contributed by atoms with E-state index in [0.717, 1.165) is 10.0 Å². The predicted molar refractivity (Wildman–Crippen MR) is 91.8 cm³/mol. The molecule has 1 aromatic carbocycles. The van der Waals surface area contributed by atoms with Crippen molar-refractivity contribution in [2.24, 2.45) is 0 Å². The molecule has 23 heavy (non-hydrogen) atoms. The van der Waals surface area contributed by atoms with E-state index in [1.54, 1.807) is 24.6 Å². The molecule has 0 radical (unpaired) electrons. The number of halogens is 1. The second-order valence-electron chi connectivity index (χ2n) is 4.63. The lowest BCUT2D eigenvalue weighted by Gasteiger charge is -2.10. The van der Waals surface area contributed by atoms with Gasteiger partial charge in [-0.15, -0.1) is 0 Å². The molecule has 0 unspecified atom stereocenters.